The summed E-state index contributed by atoms with van der Waals surface area (Å²) in [6.07, 6.45) is 8.91. The largest absolute Gasteiger partial charge is 0.497 e. The summed E-state index contributed by atoms with van der Waals surface area (Å²) in [5, 5.41) is 5.52. The van der Waals surface area contributed by atoms with Crippen molar-refractivity contribution in [2.45, 2.75) is 31.8 Å². The maximum absolute atomic E-state index is 5.83. The molecule has 0 spiro atoms. The van der Waals surface area contributed by atoms with Crippen molar-refractivity contribution in [3.63, 3.8) is 0 Å². The van der Waals surface area contributed by atoms with Gasteiger partial charge in [-0.1, -0.05) is 0 Å². The van der Waals surface area contributed by atoms with Gasteiger partial charge in [-0.15, -0.1) is 0 Å². The Labute approximate surface area is 141 Å². The summed E-state index contributed by atoms with van der Waals surface area (Å²) in [5.74, 6) is 0.830. The van der Waals surface area contributed by atoms with E-state index in [0.717, 1.165) is 35.5 Å². The molecule has 5 nitrogen and oxygen atoms in total. The Morgan fingerprint density at radius 2 is 2.00 bits per heavy atom. The predicted octanol–water partition coefficient (Wildman–Crippen LogP) is 3.54. The van der Waals surface area contributed by atoms with Crippen molar-refractivity contribution < 1.29 is 9.47 Å². The van der Waals surface area contributed by atoms with E-state index in [1.165, 1.54) is 24.8 Å². The lowest BCUT2D eigenvalue weighted by Crippen LogP contribution is -2.22. The molecule has 24 heavy (non-hydrogen) atoms. The second-order valence-electron chi connectivity index (χ2n) is 6.18. The van der Waals surface area contributed by atoms with Gasteiger partial charge in [0.15, 0.2) is 5.65 Å². The van der Waals surface area contributed by atoms with Crippen molar-refractivity contribution in [2.24, 2.45) is 0 Å². The molecule has 0 aliphatic heterocycles. The van der Waals surface area contributed by atoms with Gasteiger partial charge in [0.1, 0.15) is 5.75 Å². The highest BCUT2D eigenvalue weighted by Crippen LogP contribution is 2.23. The first-order valence-electron chi connectivity index (χ1n) is 8.42. The van der Waals surface area contributed by atoms with Crippen LogP contribution in [0.1, 0.15) is 24.8 Å². The number of hydrogen-bond donors (Lipinski definition) is 0. The lowest BCUT2D eigenvalue weighted by molar-refractivity contribution is 0.00412. The van der Waals surface area contributed by atoms with Crippen LogP contribution in [0.2, 0.25) is 0 Å². The number of rotatable bonds is 6. The van der Waals surface area contributed by atoms with Crippen LogP contribution in [0.3, 0.4) is 0 Å². The third-order valence-corrected chi connectivity index (χ3v) is 4.58. The molecule has 1 aliphatic carbocycles. The maximum atomic E-state index is 5.83. The Hall–Kier alpha value is -2.40. The van der Waals surface area contributed by atoms with Crippen LogP contribution < -0.4 is 4.74 Å². The molecular formula is C19H21N3O2. The number of benzene rings is 1. The minimum Gasteiger partial charge on any atom is -0.497 e. The molecule has 0 saturated heterocycles. The average molecular weight is 323 g/mol. The Morgan fingerprint density at radius 3 is 2.71 bits per heavy atom. The molecule has 5 heteroatoms. The molecule has 1 aromatic carbocycles. The summed E-state index contributed by atoms with van der Waals surface area (Å²) in [4.78, 5) is 4.61. The van der Waals surface area contributed by atoms with E-state index >= 15 is 0 Å². The number of nitrogens with zero attached hydrogens (tertiary/aromatic N) is 3. The van der Waals surface area contributed by atoms with Crippen LogP contribution in [0.5, 0.6) is 5.75 Å². The van der Waals surface area contributed by atoms with E-state index in [9.17, 15) is 0 Å². The van der Waals surface area contributed by atoms with Crippen LogP contribution >= 0.6 is 0 Å². The van der Waals surface area contributed by atoms with Crippen molar-refractivity contribution in [2.75, 3.05) is 13.7 Å². The van der Waals surface area contributed by atoms with E-state index in [4.69, 9.17) is 9.47 Å². The third kappa shape index (κ3) is 2.99. The zero-order valence-corrected chi connectivity index (χ0v) is 13.8. The van der Waals surface area contributed by atoms with Gasteiger partial charge in [-0.3, -0.25) is 0 Å². The van der Waals surface area contributed by atoms with Gasteiger partial charge in [-0.2, -0.15) is 5.10 Å². The van der Waals surface area contributed by atoms with Gasteiger partial charge in [0.05, 0.1) is 31.7 Å². The summed E-state index contributed by atoms with van der Waals surface area (Å²) < 4.78 is 12.9. The van der Waals surface area contributed by atoms with Crippen LogP contribution in [0, 0.1) is 0 Å². The summed E-state index contributed by atoms with van der Waals surface area (Å²) in [5.41, 5.74) is 3.03. The monoisotopic (exact) mass is 323 g/mol. The normalized spacial score (nSPS) is 14.7. The fourth-order valence-electron chi connectivity index (χ4n) is 2.90. The van der Waals surface area contributed by atoms with Gasteiger partial charge in [-0.05, 0) is 61.6 Å². The molecule has 1 saturated carbocycles. The van der Waals surface area contributed by atoms with E-state index in [1.54, 1.807) is 7.11 Å². The van der Waals surface area contributed by atoms with Crippen LogP contribution in [-0.4, -0.2) is 34.6 Å². The van der Waals surface area contributed by atoms with Gasteiger partial charge in [0.2, 0.25) is 0 Å². The summed E-state index contributed by atoms with van der Waals surface area (Å²) in [6.45, 7) is 0.768. The minimum absolute atomic E-state index is 0.486. The Morgan fingerprint density at radius 1 is 1.17 bits per heavy atom. The summed E-state index contributed by atoms with van der Waals surface area (Å²) in [7, 11) is 1.66. The fraction of sp³-hybridized carbons (Fsp3) is 0.368. The number of aromatic nitrogens is 3. The highest BCUT2D eigenvalue weighted by Gasteiger charge is 2.17. The smallest absolute Gasteiger partial charge is 0.162 e. The molecule has 2 heterocycles. The first-order chi connectivity index (χ1) is 11.8. The zero-order valence-electron chi connectivity index (χ0n) is 13.8. The quantitative estimate of drug-likeness (QED) is 0.696. The van der Waals surface area contributed by atoms with E-state index < -0.39 is 0 Å². The molecule has 0 atom stereocenters. The molecule has 0 radical (unpaired) electrons. The lowest BCUT2D eigenvalue weighted by Gasteiger charge is -2.25. The molecule has 3 aromatic rings. The first-order valence-corrected chi connectivity index (χ1v) is 8.42. The molecule has 0 unspecified atom stereocenters. The van der Waals surface area contributed by atoms with Crippen molar-refractivity contribution in [1.29, 1.82) is 0 Å². The molecule has 0 amide bonds. The van der Waals surface area contributed by atoms with E-state index in [0.29, 0.717) is 6.10 Å². The molecule has 124 valence electrons. The lowest BCUT2D eigenvalue weighted by atomic mass is 9.96. The van der Waals surface area contributed by atoms with Crippen molar-refractivity contribution in [3.05, 3.63) is 48.3 Å². The number of fused-ring (bicyclic) bond motifs is 1. The second kappa shape index (κ2) is 6.61. The number of ether oxygens (including phenoxy) is 2. The topological polar surface area (TPSA) is 49.2 Å². The Balaban J connectivity index is 1.51. The number of hydrogen-bond acceptors (Lipinski definition) is 4. The van der Waals surface area contributed by atoms with E-state index in [1.807, 2.05) is 41.3 Å². The molecule has 2 aromatic heterocycles. The average Bonchev–Trinajstić information content (AvgIpc) is 3.00. The van der Waals surface area contributed by atoms with Gasteiger partial charge in [-0.25, -0.2) is 9.67 Å². The first kappa shape index (κ1) is 15.1. The molecule has 0 N–H and O–H groups in total. The van der Waals surface area contributed by atoms with Crippen molar-refractivity contribution in [3.8, 4) is 11.4 Å². The molecule has 0 bridgehead atoms. The van der Waals surface area contributed by atoms with Crippen LogP contribution in [0.15, 0.2) is 42.7 Å². The maximum Gasteiger partial charge on any atom is 0.162 e. The van der Waals surface area contributed by atoms with Crippen LogP contribution in [0.4, 0.5) is 0 Å². The predicted molar refractivity (Wildman–Crippen MR) is 92.7 cm³/mol. The fourth-order valence-corrected chi connectivity index (χ4v) is 2.90. The molecular weight excluding hydrogens is 302 g/mol. The molecule has 1 fully saturated rings. The van der Waals surface area contributed by atoms with Gasteiger partial charge < -0.3 is 9.47 Å². The van der Waals surface area contributed by atoms with Crippen LogP contribution in [0.25, 0.3) is 16.7 Å². The SMILES string of the molecule is COc1ccc(-n2ncc3cc(CCOC4CCC4)cnc32)cc1. The number of pyridine rings is 1. The Bertz CT molecular complexity index is 822. The standard InChI is InChI=1S/C19H21N3O2/c1-23-17-7-5-16(6-8-17)22-19-15(13-21-22)11-14(12-20-19)9-10-24-18-3-2-4-18/h5-8,11-13,18H,2-4,9-10H2,1H3. The number of methoxy groups -OCH3 is 1. The Kier molecular flexibility index (Phi) is 4.17. The van der Waals surface area contributed by atoms with E-state index in [2.05, 4.69) is 16.1 Å². The molecule has 4 rings (SSSR count). The molecule has 1 aliphatic rings. The van der Waals surface area contributed by atoms with Crippen molar-refractivity contribution in [1.82, 2.24) is 14.8 Å². The zero-order chi connectivity index (χ0) is 16.4. The van der Waals surface area contributed by atoms with Gasteiger partial charge in [0, 0.05) is 11.6 Å². The van der Waals surface area contributed by atoms with Gasteiger partial charge >= 0.3 is 0 Å². The van der Waals surface area contributed by atoms with Crippen molar-refractivity contribution >= 4 is 11.0 Å². The summed E-state index contributed by atoms with van der Waals surface area (Å²) >= 11 is 0. The highest BCUT2D eigenvalue weighted by molar-refractivity contribution is 5.76. The highest BCUT2D eigenvalue weighted by atomic mass is 16.5. The second-order valence-corrected chi connectivity index (χ2v) is 6.18. The summed E-state index contributed by atoms with van der Waals surface area (Å²) in [6, 6.07) is 9.96. The van der Waals surface area contributed by atoms with Crippen LogP contribution in [-0.2, 0) is 11.2 Å². The minimum atomic E-state index is 0.486. The van der Waals surface area contributed by atoms with E-state index in [-0.39, 0.29) is 0 Å². The van der Waals surface area contributed by atoms with Gasteiger partial charge in [0.25, 0.3) is 0 Å². The third-order valence-electron chi connectivity index (χ3n) is 4.58.